The van der Waals surface area contributed by atoms with Gasteiger partial charge in [-0.15, -0.1) is 0 Å². The highest BCUT2D eigenvalue weighted by atomic mass is 35.5. The average molecular weight is 411 g/mol. The summed E-state index contributed by atoms with van der Waals surface area (Å²) in [6, 6.07) is 14.5. The van der Waals surface area contributed by atoms with E-state index in [0.717, 1.165) is 18.7 Å². The molecule has 0 saturated carbocycles. The molecule has 6 nitrogen and oxygen atoms in total. The van der Waals surface area contributed by atoms with Crippen LogP contribution >= 0.6 is 11.6 Å². The molecular weight excluding hydrogens is 388 g/mol. The second kappa shape index (κ2) is 9.03. The van der Waals surface area contributed by atoms with Gasteiger partial charge in [0.15, 0.2) is 0 Å². The molecule has 1 aliphatic rings. The zero-order valence-electron chi connectivity index (χ0n) is 15.1. The maximum absolute atomic E-state index is 12.5. The summed E-state index contributed by atoms with van der Waals surface area (Å²) in [5, 5.41) is 0.263. The van der Waals surface area contributed by atoms with Gasteiger partial charge in [0.05, 0.1) is 29.7 Å². The van der Waals surface area contributed by atoms with Crippen LogP contribution in [0.3, 0.4) is 0 Å². The Bertz CT molecular complexity index is 861. The van der Waals surface area contributed by atoms with Gasteiger partial charge in [0.25, 0.3) is 0 Å². The quantitative estimate of drug-likeness (QED) is 0.760. The molecule has 0 aromatic heterocycles. The van der Waals surface area contributed by atoms with Gasteiger partial charge in [0.1, 0.15) is 5.75 Å². The Morgan fingerprint density at radius 3 is 2.74 bits per heavy atom. The van der Waals surface area contributed by atoms with E-state index in [1.54, 1.807) is 6.07 Å². The Balaban J connectivity index is 1.55. The lowest BCUT2D eigenvalue weighted by Gasteiger charge is -2.33. The fourth-order valence-corrected chi connectivity index (χ4v) is 4.38. The van der Waals surface area contributed by atoms with Crippen molar-refractivity contribution in [2.45, 2.75) is 11.0 Å². The van der Waals surface area contributed by atoms with Gasteiger partial charge in [-0.2, -0.15) is 0 Å². The Hall–Kier alpha value is -1.64. The predicted molar refractivity (Wildman–Crippen MR) is 105 cm³/mol. The molecule has 0 aliphatic carbocycles. The number of benzene rings is 2. The van der Waals surface area contributed by atoms with Crippen molar-refractivity contribution < 1.29 is 17.9 Å². The van der Waals surface area contributed by atoms with Crippen LogP contribution in [0.4, 0.5) is 0 Å². The molecule has 0 bridgehead atoms. The van der Waals surface area contributed by atoms with Crippen LogP contribution in [0.25, 0.3) is 0 Å². The number of sulfonamides is 1. The molecule has 8 heteroatoms. The number of rotatable bonds is 7. The summed E-state index contributed by atoms with van der Waals surface area (Å²) >= 11 is 6.03. The fourth-order valence-electron chi connectivity index (χ4n) is 3.01. The highest BCUT2D eigenvalue weighted by molar-refractivity contribution is 7.89. The highest BCUT2D eigenvalue weighted by Crippen LogP contribution is 2.27. The van der Waals surface area contributed by atoms with E-state index in [4.69, 9.17) is 21.1 Å². The lowest BCUT2D eigenvalue weighted by molar-refractivity contribution is -0.0291. The zero-order chi connectivity index (χ0) is 19.3. The molecule has 0 amide bonds. The van der Waals surface area contributed by atoms with Gasteiger partial charge in [-0.05, 0) is 23.8 Å². The third-order valence-electron chi connectivity index (χ3n) is 4.48. The molecule has 1 saturated heterocycles. The molecule has 0 spiro atoms. The van der Waals surface area contributed by atoms with Gasteiger partial charge in [0.2, 0.25) is 10.0 Å². The summed E-state index contributed by atoms with van der Waals surface area (Å²) < 4.78 is 38.4. The molecular formula is C19H23ClN2O4S. The highest BCUT2D eigenvalue weighted by Gasteiger charge is 2.22. The third kappa shape index (κ3) is 5.21. The van der Waals surface area contributed by atoms with Crippen LogP contribution in [-0.4, -0.2) is 53.2 Å². The number of hydrogen-bond donors (Lipinski definition) is 1. The van der Waals surface area contributed by atoms with E-state index < -0.39 is 10.0 Å². The maximum Gasteiger partial charge on any atom is 0.240 e. The van der Waals surface area contributed by atoms with Crippen LogP contribution in [-0.2, 0) is 14.8 Å². The molecule has 1 atom stereocenters. The summed E-state index contributed by atoms with van der Waals surface area (Å²) in [5.74, 6) is 0.441. The summed E-state index contributed by atoms with van der Waals surface area (Å²) in [4.78, 5) is 2.32. The fraction of sp³-hybridized carbons (Fsp3) is 0.368. The van der Waals surface area contributed by atoms with Crippen molar-refractivity contribution in [3.8, 4) is 5.75 Å². The number of methoxy groups -OCH3 is 1. The first-order valence-electron chi connectivity index (χ1n) is 8.72. The molecule has 27 heavy (non-hydrogen) atoms. The van der Waals surface area contributed by atoms with Gasteiger partial charge < -0.3 is 9.47 Å². The SMILES string of the molecule is COc1ccc(S(=O)(=O)NCCN2CCO[C@@H](c3ccccc3)C2)cc1Cl. The summed E-state index contributed by atoms with van der Waals surface area (Å²) in [6.45, 7) is 3.06. The van der Waals surface area contributed by atoms with E-state index in [-0.39, 0.29) is 16.0 Å². The average Bonchev–Trinajstić information content (AvgIpc) is 2.69. The van der Waals surface area contributed by atoms with Gasteiger partial charge >= 0.3 is 0 Å². The Labute approximate surface area is 165 Å². The van der Waals surface area contributed by atoms with Gasteiger partial charge in [-0.1, -0.05) is 41.9 Å². The minimum atomic E-state index is -3.62. The van der Waals surface area contributed by atoms with E-state index >= 15 is 0 Å². The Kier molecular flexibility index (Phi) is 6.73. The van der Waals surface area contributed by atoms with E-state index in [1.165, 1.54) is 19.2 Å². The second-order valence-electron chi connectivity index (χ2n) is 6.26. The number of nitrogens with one attached hydrogen (secondary N) is 1. The minimum Gasteiger partial charge on any atom is -0.495 e. The van der Waals surface area contributed by atoms with Crippen LogP contribution in [0.15, 0.2) is 53.4 Å². The van der Waals surface area contributed by atoms with Crippen LogP contribution in [0, 0.1) is 0 Å². The molecule has 1 fully saturated rings. The third-order valence-corrected chi connectivity index (χ3v) is 6.23. The lowest BCUT2D eigenvalue weighted by atomic mass is 10.1. The van der Waals surface area contributed by atoms with Crippen molar-refractivity contribution >= 4 is 21.6 Å². The molecule has 0 unspecified atom stereocenters. The Morgan fingerprint density at radius 2 is 2.04 bits per heavy atom. The van der Waals surface area contributed by atoms with Crippen molar-refractivity contribution in [2.75, 3.05) is 39.9 Å². The standard InChI is InChI=1S/C19H23ClN2O4S/c1-25-18-8-7-16(13-17(18)20)27(23,24)21-9-10-22-11-12-26-19(14-22)15-5-3-2-4-6-15/h2-8,13,19,21H,9-12,14H2,1H3/t19-/m1/s1. The van der Waals surface area contributed by atoms with Crippen molar-refractivity contribution in [1.29, 1.82) is 0 Å². The second-order valence-corrected chi connectivity index (χ2v) is 8.44. The molecule has 1 aliphatic heterocycles. The summed E-state index contributed by atoms with van der Waals surface area (Å²) in [6.07, 6.45) is 0.0111. The normalized spacial score (nSPS) is 18.4. The first kappa shape index (κ1) is 20.1. The lowest BCUT2D eigenvalue weighted by Crippen LogP contribution is -2.42. The van der Waals surface area contributed by atoms with E-state index in [0.29, 0.717) is 25.4 Å². The zero-order valence-corrected chi connectivity index (χ0v) is 16.7. The van der Waals surface area contributed by atoms with Crippen LogP contribution in [0.1, 0.15) is 11.7 Å². The largest absolute Gasteiger partial charge is 0.495 e. The van der Waals surface area contributed by atoms with E-state index in [1.807, 2.05) is 30.3 Å². The first-order valence-corrected chi connectivity index (χ1v) is 10.6. The monoisotopic (exact) mass is 410 g/mol. The van der Waals surface area contributed by atoms with Gasteiger partial charge in [-0.3, -0.25) is 4.90 Å². The van der Waals surface area contributed by atoms with Crippen LogP contribution < -0.4 is 9.46 Å². The van der Waals surface area contributed by atoms with Crippen molar-refractivity contribution in [3.63, 3.8) is 0 Å². The number of ether oxygens (including phenoxy) is 2. The molecule has 1 heterocycles. The number of morpholine rings is 1. The first-order chi connectivity index (χ1) is 13.0. The molecule has 2 aromatic rings. The van der Waals surface area contributed by atoms with Crippen molar-refractivity contribution in [2.24, 2.45) is 0 Å². The summed E-state index contributed by atoms with van der Waals surface area (Å²) in [7, 11) is -2.14. The minimum absolute atomic E-state index is 0.0111. The number of nitrogens with zero attached hydrogens (tertiary/aromatic N) is 1. The van der Waals surface area contributed by atoms with Crippen molar-refractivity contribution in [3.05, 3.63) is 59.1 Å². The molecule has 3 rings (SSSR count). The van der Waals surface area contributed by atoms with Crippen LogP contribution in [0.5, 0.6) is 5.75 Å². The van der Waals surface area contributed by atoms with Gasteiger partial charge in [0, 0.05) is 26.2 Å². The molecule has 0 radical (unpaired) electrons. The maximum atomic E-state index is 12.5. The van der Waals surface area contributed by atoms with Crippen molar-refractivity contribution in [1.82, 2.24) is 9.62 Å². The summed E-state index contributed by atoms with van der Waals surface area (Å²) in [5.41, 5.74) is 1.13. The number of hydrogen-bond acceptors (Lipinski definition) is 5. The topological polar surface area (TPSA) is 67.9 Å². The van der Waals surface area contributed by atoms with Gasteiger partial charge in [-0.25, -0.2) is 13.1 Å². The number of halogens is 1. The molecule has 2 aromatic carbocycles. The molecule has 146 valence electrons. The Morgan fingerprint density at radius 1 is 1.26 bits per heavy atom. The smallest absolute Gasteiger partial charge is 0.240 e. The van der Waals surface area contributed by atoms with E-state index in [2.05, 4.69) is 9.62 Å². The molecule has 1 N–H and O–H groups in total. The van der Waals surface area contributed by atoms with E-state index in [9.17, 15) is 8.42 Å². The predicted octanol–water partition coefficient (Wildman–Crippen LogP) is 2.70. The van der Waals surface area contributed by atoms with Crippen LogP contribution in [0.2, 0.25) is 5.02 Å².